The van der Waals surface area contributed by atoms with Gasteiger partial charge in [0.1, 0.15) is 29.3 Å². The number of carbonyl (C=O) groups is 2. The van der Waals surface area contributed by atoms with Crippen molar-refractivity contribution in [3.05, 3.63) is 88.5 Å². The van der Waals surface area contributed by atoms with Crippen LogP contribution in [0.15, 0.2) is 60.8 Å². The van der Waals surface area contributed by atoms with E-state index in [-0.39, 0.29) is 34.7 Å². The lowest BCUT2D eigenvalue weighted by Gasteiger charge is -2.31. The molecule has 4 N–H and O–H groups in total. The van der Waals surface area contributed by atoms with Gasteiger partial charge in [-0.1, -0.05) is 11.6 Å². The number of fused-ring (bicyclic) bond motifs is 2. The van der Waals surface area contributed by atoms with Gasteiger partial charge in [0.2, 0.25) is 11.5 Å². The minimum atomic E-state index is -5.34. The third-order valence-corrected chi connectivity index (χ3v) is 7.25. The number of nitrogens with zero attached hydrogens (tertiary/aromatic N) is 2. The second-order valence-electron chi connectivity index (χ2n) is 9.83. The van der Waals surface area contributed by atoms with Crippen molar-refractivity contribution in [3.8, 4) is 17.0 Å². The number of halogens is 5. The average molecular weight is 589 g/mol. The molecule has 0 bridgehead atoms. The monoisotopic (exact) mass is 588 g/mol. The lowest BCUT2D eigenvalue weighted by atomic mass is 9.81. The molecule has 0 spiro atoms. The molecule has 0 saturated carbocycles. The van der Waals surface area contributed by atoms with Gasteiger partial charge in [0, 0.05) is 28.3 Å². The Kier molecular flexibility index (Phi) is 6.86. The van der Waals surface area contributed by atoms with Gasteiger partial charge in [0.05, 0.1) is 22.8 Å². The third kappa shape index (κ3) is 4.93. The van der Waals surface area contributed by atoms with E-state index in [2.05, 4.69) is 15.3 Å². The van der Waals surface area contributed by atoms with Crippen LogP contribution in [0.25, 0.3) is 22.2 Å². The predicted molar refractivity (Wildman–Crippen MR) is 141 cm³/mol. The Bertz CT molecular complexity index is 1700. The van der Waals surface area contributed by atoms with Gasteiger partial charge in [-0.2, -0.15) is 13.2 Å². The van der Waals surface area contributed by atoms with Crippen LogP contribution in [0.4, 0.5) is 17.6 Å². The number of alkyl halides is 3. The highest BCUT2D eigenvalue weighted by Crippen LogP contribution is 2.47. The molecule has 5 rings (SSSR count). The van der Waals surface area contributed by atoms with E-state index in [1.54, 1.807) is 0 Å². The number of aromatic nitrogens is 2. The highest BCUT2D eigenvalue weighted by atomic mass is 35.5. The molecule has 212 valence electrons. The van der Waals surface area contributed by atoms with Crippen LogP contribution >= 0.6 is 11.6 Å². The Labute approximate surface area is 235 Å². The molecule has 1 aliphatic heterocycles. The first-order valence-corrected chi connectivity index (χ1v) is 12.5. The van der Waals surface area contributed by atoms with Crippen molar-refractivity contribution in [2.45, 2.75) is 24.1 Å². The quantitative estimate of drug-likeness (QED) is 0.287. The average Bonchev–Trinajstić information content (AvgIpc) is 3.28. The van der Waals surface area contributed by atoms with Crippen LogP contribution in [0, 0.1) is 5.82 Å². The number of hydrogen-bond acceptors (Lipinski definition) is 6. The van der Waals surface area contributed by atoms with Crippen LogP contribution in [0.2, 0.25) is 5.02 Å². The van der Waals surface area contributed by atoms with Gasteiger partial charge in [0.15, 0.2) is 0 Å². The zero-order valence-corrected chi connectivity index (χ0v) is 22.0. The largest absolute Gasteiger partial charge is 0.489 e. The third-order valence-electron chi connectivity index (χ3n) is 7.04. The molecule has 41 heavy (non-hydrogen) atoms. The van der Waals surface area contributed by atoms with Crippen LogP contribution in [-0.2, 0) is 15.8 Å². The number of aliphatic hydroxyl groups is 1. The zero-order valence-electron chi connectivity index (χ0n) is 21.2. The Hall–Kier alpha value is -4.29. The standard InChI is InChI=1S/C28H21ClF4N4O4/c1-26(25(34)39)13-41-23-19(26)10-21(37-22(23)14-2-5-18(30)6-3-14)27(40,28(31,32)33)12-36-24(38)15-4-7-20-16(8-15)9-17(29)11-35-20/h2-11,40H,12-13H2,1H3,(H2,34,39)(H,36,38)/t26-,27?/m0/s1. The van der Waals surface area contributed by atoms with Gasteiger partial charge >= 0.3 is 6.18 Å². The summed E-state index contributed by atoms with van der Waals surface area (Å²) in [5, 5.41) is 14.0. The summed E-state index contributed by atoms with van der Waals surface area (Å²) in [6.07, 6.45) is -3.93. The Morgan fingerprint density at radius 1 is 1.15 bits per heavy atom. The molecule has 2 aromatic heterocycles. The van der Waals surface area contributed by atoms with Crippen molar-refractivity contribution in [3.63, 3.8) is 0 Å². The number of pyridine rings is 2. The minimum Gasteiger partial charge on any atom is -0.489 e. The van der Waals surface area contributed by atoms with Crippen molar-refractivity contribution in [2.75, 3.05) is 13.2 Å². The van der Waals surface area contributed by atoms with Crippen molar-refractivity contribution >= 4 is 34.3 Å². The SMILES string of the molecule is C[C@]1(C(N)=O)COc2c1cc(C(O)(CNC(=O)c1ccc3ncc(Cl)cc3c1)C(F)(F)F)nc2-c1ccc(F)cc1. The number of primary amides is 1. The molecule has 1 unspecified atom stereocenters. The summed E-state index contributed by atoms with van der Waals surface area (Å²) in [6.45, 7) is -0.238. The van der Waals surface area contributed by atoms with E-state index in [1.165, 1.54) is 49.5 Å². The molecule has 0 radical (unpaired) electrons. The molecule has 13 heteroatoms. The second kappa shape index (κ2) is 9.96. The molecule has 0 fully saturated rings. The summed E-state index contributed by atoms with van der Waals surface area (Å²) in [5.74, 6) is -2.43. The smallest absolute Gasteiger partial charge is 0.424 e. The maximum Gasteiger partial charge on any atom is 0.424 e. The van der Waals surface area contributed by atoms with Gasteiger partial charge in [0.25, 0.3) is 5.91 Å². The van der Waals surface area contributed by atoms with Crippen molar-refractivity contribution in [1.29, 1.82) is 0 Å². The molecule has 0 saturated heterocycles. The van der Waals surface area contributed by atoms with Crippen molar-refractivity contribution in [2.24, 2.45) is 5.73 Å². The number of ether oxygens (including phenoxy) is 1. The molecular weight excluding hydrogens is 568 g/mol. The summed E-state index contributed by atoms with van der Waals surface area (Å²) in [5.41, 5.74) is -0.168. The molecule has 0 aliphatic carbocycles. The first kappa shape index (κ1) is 28.2. The number of amides is 2. The van der Waals surface area contributed by atoms with E-state index in [0.29, 0.717) is 15.9 Å². The van der Waals surface area contributed by atoms with Crippen molar-refractivity contribution in [1.82, 2.24) is 15.3 Å². The fraction of sp³-hybridized carbons (Fsp3) is 0.214. The lowest BCUT2D eigenvalue weighted by Crippen LogP contribution is -2.51. The minimum absolute atomic E-state index is 0.00490. The van der Waals surface area contributed by atoms with Crippen LogP contribution in [0.1, 0.15) is 28.5 Å². The molecule has 8 nitrogen and oxygen atoms in total. The number of hydrogen-bond donors (Lipinski definition) is 3. The van der Waals surface area contributed by atoms with Crippen LogP contribution in [0.3, 0.4) is 0 Å². The first-order chi connectivity index (χ1) is 19.2. The van der Waals surface area contributed by atoms with Crippen LogP contribution in [-0.4, -0.2) is 46.2 Å². The number of nitrogens with two attached hydrogens (primary N) is 1. The molecule has 4 aromatic rings. The summed E-state index contributed by atoms with van der Waals surface area (Å²) < 4.78 is 62.9. The van der Waals surface area contributed by atoms with E-state index in [4.69, 9.17) is 22.1 Å². The van der Waals surface area contributed by atoms with E-state index < -0.39 is 47.1 Å². The van der Waals surface area contributed by atoms with Gasteiger partial charge in [-0.3, -0.25) is 14.6 Å². The zero-order chi connectivity index (χ0) is 29.7. The number of benzene rings is 2. The summed E-state index contributed by atoms with van der Waals surface area (Å²) in [7, 11) is 0. The molecular formula is C28H21ClF4N4O4. The summed E-state index contributed by atoms with van der Waals surface area (Å²) in [4.78, 5) is 33.4. The van der Waals surface area contributed by atoms with Crippen molar-refractivity contribution < 1.29 is 37.0 Å². The van der Waals surface area contributed by atoms with Crippen LogP contribution < -0.4 is 15.8 Å². The second-order valence-corrected chi connectivity index (χ2v) is 10.3. The Morgan fingerprint density at radius 3 is 2.51 bits per heavy atom. The molecule has 1 aliphatic rings. The van der Waals surface area contributed by atoms with Crippen LogP contribution in [0.5, 0.6) is 5.75 Å². The van der Waals surface area contributed by atoms with E-state index in [9.17, 15) is 32.3 Å². The van der Waals surface area contributed by atoms with E-state index in [1.807, 2.05) is 0 Å². The van der Waals surface area contributed by atoms with Gasteiger partial charge in [-0.25, -0.2) is 9.37 Å². The number of nitrogens with one attached hydrogen (secondary N) is 1. The fourth-order valence-electron chi connectivity index (χ4n) is 4.49. The number of rotatable bonds is 6. The molecule has 3 heterocycles. The first-order valence-electron chi connectivity index (χ1n) is 12.1. The van der Waals surface area contributed by atoms with E-state index in [0.717, 1.165) is 18.2 Å². The normalized spacial score (nSPS) is 17.9. The predicted octanol–water partition coefficient (Wildman–Crippen LogP) is 4.40. The fourth-order valence-corrected chi connectivity index (χ4v) is 4.66. The molecule has 2 amide bonds. The molecule has 2 atom stereocenters. The van der Waals surface area contributed by atoms with Gasteiger partial charge < -0.3 is 20.9 Å². The highest BCUT2D eigenvalue weighted by molar-refractivity contribution is 6.31. The maximum absolute atomic E-state index is 14.5. The van der Waals surface area contributed by atoms with E-state index >= 15 is 0 Å². The van der Waals surface area contributed by atoms with Gasteiger partial charge in [-0.05, 0) is 61.5 Å². The maximum atomic E-state index is 14.5. The Balaban J connectivity index is 1.58. The Morgan fingerprint density at radius 2 is 1.85 bits per heavy atom. The molecule has 2 aromatic carbocycles. The summed E-state index contributed by atoms with van der Waals surface area (Å²) in [6, 6.07) is 11.4. The number of carbonyl (C=O) groups excluding carboxylic acids is 2. The van der Waals surface area contributed by atoms with Gasteiger partial charge in [-0.15, -0.1) is 0 Å². The topological polar surface area (TPSA) is 127 Å². The summed E-state index contributed by atoms with van der Waals surface area (Å²) >= 11 is 5.95. The highest BCUT2D eigenvalue weighted by Gasteiger charge is 2.57. The lowest BCUT2D eigenvalue weighted by molar-refractivity contribution is -0.265.